The minimum Gasteiger partial charge on any atom is -0.348 e. The Morgan fingerprint density at radius 2 is 2.00 bits per heavy atom. The van der Waals surface area contributed by atoms with Gasteiger partial charge in [0.1, 0.15) is 0 Å². The summed E-state index contributed by atoms with van der Waals surface area (Å²) in [5.74, 6) is 0. The van der Waals surface area contributed by atoms with E-state index in [1.165, 1.54) is 32.4 Å². The van der Waals surface area contributed by atoms with Crippen LogP contribution in [0.25, 0.3) is 0 Å². The van der Waals surface area contributed by atoms with Gasteiger partial charge in [-0.2, -0.15) is 0 Å². The topological polar surface area (TPSA) is 32.3 Å². The van der Waals surface area contributed by atoms with Gasteiger partial charge >= 0.3 is 6.41 Å². The Kier molecular flexibility index (Phi) is 4.76. The summed E-state index contributed by atoms with van der Waals surface area (Å²) in [6, 6.07) is 0. The number of amides is 1. The zero-order valence-electron chi connectivity index (χ0n) is 7.51. The van der Waals surface area contributed by atoms with Gasteiger partial charge in [-0.1, -0.05) is 6.42 Å². The third kappa shape index (κ3) is 3.72. The summed E-state index contributed by atoms with van der Waals surface area (Å²) in [6.07, 6.45) is 6.80. The largest absolute Gasteiger partial charge is 0.348 e. The van der Waals surface area contributed by atoms with Crippen LogP contribution < -0.4 is 5.32 Å². The fourth-order valence-electron chi connectivity index (χ4n) is 1.63. The van der Waals surface area contributed by atoms with E-state index in [2.05, 4.69) is 10.2 Å². The van der Waals surface area contributed by atoms with Crippen LogP contribution in [0.2, 0.25) is 0 Å². The molecule has 69 valence electrons. The molecule has 0 aromatic heterocycles. The molecule has 0 atom stereocenters. The molecule has 0 bridgehead atoms. The molecule has 1 aliphatic heterocycles. The fourth-order valence-corrected chi connectivity index (χ4v) is 1.63. The van der Waals surface area contributed by atoms with Crippen LogP contribution in [0.3, 0.4) is 0 Å². The molecule has 3 heteroatoms. The summed E-state index contributed by atoms with van der Waals surface area (Å²) in [7, 11) is 0. The van der Waals surface area contributed by atoms with Crippen molar-refractivity contribution in [2.75, 3.05) is 26.2 Å². The minimum atomic E-state index is 0.764. The fraction of sp³-hybridized carbons (Fsp3) is 0.889. The molecule has 0 aliphatic carbocycles. The van der Waals surface area contributed by atoms with Crippen LogP contribution in [-0.4, -0.2) is 37.5 Å². The van der Waals surface area contributed by atoms with Crippen LogP contribution in [-0.2, 0) is 4.79 Å². The van der Waals surface area contributed by atoms with Gasteiger partial charge in [-0.25, -0.2) is 0 Å². The molecule has 0 aromatic carbocycles. The van der Waals surface area contributed by atoms with Crippen molar-refractivity contribution >= 4 is 6.41 Å². The zero-order chi connectivity index (χ0) is 8.65. The number of likely N-dealkylation sites (tertiary alicyclic amines) is 1. The van der Waals surface area contributed by atoms with Crippen molar-refractivity contribution in [2.24, 2.45) is 0 Å². The summed E-state index contributed by atoms with van der Waals surface area (Å²) in [5.41, 5.74) is 0. The molecule has 1 radical (unpaired) electrons. The first-order valence-electron chi connectivity index (χ1n) is 4.76. The molecular weight excluding hydrogens is 152 g/mol. The monoisotopic (exact) mass is 169 g/mol. The Balaban J connectivity index is 1.94. The molecule has 1 N–H and O–H groups in total. The van der Waals surface area contributed by atoms with Gasteiger partial charge in [0.05, 0.1) is 0 Å². The van der Waals surface area contributed by atoms with Crippen LogP contribution in [0.4, 0.5) is 0 Å². The Morgan fingerprint density at radius 1 is 1.25 bits per heavy atom. The molecule has 0 unspecified atom stereocenters. The Labute approximate surface area is 74.1 Å². The second kappa shape index (κ2) is 6.00. The molecule has 0 saturated carbocycles. The van der Waals surface area contributed by atoms with Gasteiger partial charge in [0, 0.05) is 6.54 Å². The Bertz CT molecular complexity index is 122. The van der Waals surface area contributed by atoms with Crippen molar-refractivity contribution in [3.8, 4) is 0 Å². The SMILES string of the molecule is O=[C]NCCCN1CCCCC1. The highest BCUT2D eigenvalue weighted by atomic mass is 16.1. The van der Waals surface area contributed by atoms with E-state index in [0.29, 0.717) is 0 Å². The molecular formula is C9H17N2O. The van der Waals surface area contributed by atoms with E-state index in [9.17, 15) is 4.79 Å². The van der Waals surface area contributed by atoms with Crippen molar-refractivity contribution in [1.29, 1.82) is 0 Å². The number of nitrogens with one attached hydrogen (secondary N) is 1. The molecule has 0 spiro atoms. The van der Waals surface area contributed by atoms with E-state index in [1.54, 1.807) is 6.41 Å². The Morgan fingerprint density at radius 3 is 2.67 bits per heavy atom. The van der Waals surface area contributed by atoms with E-state index in [-0.39, 0.29) is 0 Å². The van der Waals surface area contributed by atoms with Crippen LogP contribution in [0.1, 0.15) is 25.7 Å². The summed E-state index contributed by atoms with van der Waals surface area (Å²) >= 11 is 0. The molecule has 0 aromatic rings. The van der Waals surface area contributed by atoms with Crippen molar-refractivity contribution in [3.63, 3.8) is 0 Å². The summed E-state index contributed by atoms with van der Waals surface area (Å²) < 4.78 is 0. The predicted octanol–water partition coefficient (Wildman–Crippen LogP) is 0.519. The van der Waals surface area contributed by atoms with E-state index >= 15 is 0 Å². The highest BCUT2D eigenvalue weighted by molar-refractivity contribution is 5.46. The van der Waals surface area contributed by atoms with Gasteiger partial charge in [-0.15, -0.1) is 0 Å². The molecule has 12 heavy (non-hydrogen) atoms. The third-order valence-corrected chi connectivity index (χ3v) is 2.30. The van der Waals surface area contributed by atoms with Crippen molar-refractivity contribution in [3.05, 3.63) is 0 Å². The van der Waals surface area contributed by atoms with Crippen molar-refractivity contribution in [1.82, 2.24) is 10.2 Å². The van der Waals surface area contributed by atoms with E-state index in [0.717, 1.165) is 19.5 Å². The lowest BCUT2D eigenvalue weighted by Gasteiger charge is -2.26. The van der Waals surface area contributed by atoms with Crippen LogP contribution in [0, 0.1) is 0 Å². The number of hydrogen-bond acceptors (Lipinski definition) is 2. The van der Waals surface area contributed by atoms with Gasteiger partial charge in [0.15, 0.2) is 0 Å². The maximum absolute atomic E-state index is 9.81. The predicted molar refractivity (Wildman–Crippen MR) is 48.6 cm³/mol. The smallest absolute Gasteiger partial charge is 0.309 e. The van der Waals surface area contributed by atoms with Gasteiger partial charge in [0.25, 0.3) is 0 Å². The van der Waals surface area contributed by atoms with Crippen molar-refractivity contribution < 1.29 is 4.79 Å². The second-order valence-corrected chi connectivity index (χ2v) is 3.28. The first kappa shape index (κ1) is 9.52. The van der Waals surface area contributed by atoms with Crippen LogP contribution in [0.15, 0.2) is 0 Å². The number of nitrogens with zero attached hydrogens (tertiary/aromatic N) is 1. The van der Waals surface area contributed by atoms with Gasteiger partial charge < -0.3 is 10.2 Å². The molecule has 1 amide bonds. The maximum atomic E-state index is 9.81. The summed E-state index contributed by atoms with van der Waals surface area (Å²) in [5, 5.41) is 2.56. The molecule has 1 heterocycles. The van der Waals surface area contributed by atoms with E-state index in [1.807, 2.05) is 0 Å². The second-order valence-electron chi connectivity index (χ2n) is 3.28. The first-order chi connectivity index (χ1) is 5.93. The highest BCUT2D eigenvalue weighted by Gasteiger charge is 2.08. The standard InChI is InChI=1S/C9H17N2O/c12-9-10-5-4-8-11-6-2-1-3-7-11/h1-8H2,(H,10,12). The van der Waals surface area contributed by atoms with Gasteiger partial charge in [0.2, 0.25) is 0 Å². The van der Waals surface area contributed by atoms with Crippen LogP contribution in [0.5, 0.6) is 0 Å². The quantitative estimate of drug-likeness (QED) is 0.480. The number of hydrogen-bond donors (Lipinski definition) is 1. The zero-order valence-corrected chi connectivity index (χ0v) is 7.51. The van der Waals surface area contributed by atoms with Crippen molar-refractivity contribution in [2.45, 2.75) is 25.7 Å². The third-order valence-electron chi connectivity index (χ3n) is 2.30. The van der Waals surface area contributed by atoms with E-state index < -0.39 is 0 Å². The maximum Gasteiger partial charge on any atom is 0.309 e. The van der Waals surface area contributed by atoms with E-state index in [4.69, 9.17) is 0 Å². The van der Waals surface area contributed by atoms with Gasteiger partial charge in [-0.05, 0) is 38.9 Å². The lowest BCUT2D eigenvalue weighted by Crippen LogP contribution is -2.32. The number of rotatable bonds is 5. The lowest BCUT2D eigenvalue weighted by molar-refractivity contribution is 0.227. The number of carbonyl (C=O) groups excluding carboxylic acids is 1. The summed E-state index contributed by atoms with van der Waals surface area (Å²) in [6.45, 7) is 4.37. The average molecular weight is 169 g/mol. The average Bonchev–Trinajstić information content (AvgIpc) is 2.14. The molecule has 3 nitrogen and oxygen atoms in total. The molecule has 1 fully saturated rings. The summed E-state index contributed by atoms with van der Waals surface area (Å²) in [4.78, 5) is 12.3. The highest BCUT2D eigenvalue weighted by Crippen LogP contribution is 2.08. The Hall–Kier alpha value is -0.570. The lowest BCUT2D eigenvalue weighted by atomic mass is 10.1. The normalized spacial score (nSPS) is 19.0. The molecule has 1 rings (SSSR count). The number of piperidine rings is 1. The minimum absolute atomic E-state index is 0.764. The molecule has 1 saturated heterocycles. The van der Waals surface area contributed by atoms with Gasteiger partial charge in [-0.3, -0.25) is 4.79 Å². The van der Waals surface area contributed by atoms with Crippen LogP contribution >= 0.6 is 0 Å². The first-order valence-corrected chi connectivity index (χ1v) is 4.76. The molecule has 1 aliphatic rings.